The van der Waals surface area contributed by atoms with Gasteiger partial charge < -0.3 is 24.4 Å². The molecule has 166 valence electrons. The Balaban J connectivity index is 0.00000420. The van der Waals surface area contributed by atoms with Crippen molar-refractivity contribution in [3.8, 4) is 0 Å². The van der Waals surface area contributed by atoms with Gasteiger partial charge in [-0.25, -0.2) is 0 Å². The SMILES string of the molecule is CN=C(NCCCCOCCc1ccccc1)N1CCC(COCCOC)C1.I. The fourth-order valence-electron chi connectivity index (χ4n) is 3.35. The second kappa shape index (κ2) is 16.8. The first-order valence-electron chi connectivity index (χ1n) is 10.5. The van der Waals surface area contributed by atoms with Gasteiger partial charge in [0.25, 0.3) is 0 Å². The molecule has 1 heterocycles. The average molecular weight is 519 g/mol. The van der Waals surface area contributed by atoms with Gasteiger partial charge in [-0.05, 0) is 31.2 Å². The van der Waals surface area contributed by atoms with Crippen LogP contribution < -0.4 is 5.32 Å². The summed E-state index contributed by atoms with van der Waals surface area (Å²) in [5.74, 6) is 1.58. The van der Waals surface area contributed by atoms with Gasteiger partial charge >= 0.3 is 0 Å². The number of hydrogen-bond acceptors (Lipinski definition) is 4. The van der Waals surface area contributed by atoms with E-state index < -0.39 is 0 Å². The Hall–Kier alpha value is -0.900. The van der Waals surface area contributed by atoms with Crippen molar-refractivity contribution in [2.45, 2.75) is 25.7 Å². The van der Waals surface area contributed by atoms with E-state index >= 15 is 0 Å². The Morgan fingerprint density at radius 1 is 1.10 bits per heavy atom. The zero-order valence-electron chi connectivity index (χ0n) is 18.0. The monoisotopic (exact) mass is 519 g/mol. The summed E-state index contributed by atoms with van der Waals surface area (Å²) in [6, 6.07) is 10.5. The molecular weight excluding hydrogens is 481 g/mol. The molecule has 1 aliphatic rings. The highest BCUT2D eigenvalue weighted by Crippen LogP contribution is 2.16. The fourth-order valence-corrected chi connectivity index (χ4v) is 3.35. The van der Waals surface area contributed by atoms with Gasteiger partial charge in [0.05, 0.1) is 26.4 Å². The number of unbranched alkanes of at least 4 members (excludes halogenated alkanes) is 1. The summed E-state index contributed by atoms with van der Waals surface area (Å²) in [5.41, 5.74) is 1.33. The number of rotatable bonds is 13. The highest BCUT2D eigenvalue weighted by atomic mass is 127. The van der Waals surface area contributed by atoms with Crippen molar-refractivity contribution < 1.29 is 14.2 Å². The maximum Gasteiger partial charge on any atom is 0.193 e. The Morgan fingerprint density at radius 2 is 1.93 bits per heavy atom. The Bertz CT molecular complexity index is 545. The van der Waals surface area contributed by atoms with E-state index in [1.807, 2.05) is 13.1 Å². The lowest BCUT2D eigenvalue weighted by atomic mass is 10.1. The minimum atomic E-state index is 0. The van der Waals surface area contributed by atoms with Gasteiger partial charge in [0, 0.05) is 46.3 Å². The minimum absolute atomic E-state index is 0. The van der Waals surface area contributed by atoms with Crippen LogP contribution in [0.25, 0.3) is 0 Å². The third-order valence-electron chi connectivity index (χ3n) is 4.96. The van der Waals surface area contributed by atoms with Gasteiger partial charge in [0.1, 0.15) is 0 Å². The Kier molecular flexibility index (Phi) is 15.2. The third kappa shape index (κ3) is 11.2. The van der Waals surface area contributed by atoms with E-state index in [1.54, 1.807) is 7.11 Å². The average Bonchev–Trinajstić information content (AvgIpc) is 3.19. The largest absolute Gasteiger partial charge is 0.382 e. The van der Waals surface area contributed by atoms with Gasteiger partial charge in [0.15, 0.2) is 5.96 Å². The second-order valence-corrected chi connectivity index (χ2v) is 7.20. The van der Waals surface area contributed by atoms with Gasteiger partial charge in [-0.1, -0.05) is 30.3 Å². The predicted octanol–water partition coefficient (Wildman–Crippen LogP) is 3.20. The van der Waals surface area contributed by atoms with Gasteiger partial charge in [-0.15, -0.1) is 24.0 Å². The number of nitrogens with zero attached hydrogens (tertiary/aromatic N) is 2. The molecular formula is C22H38IN3O3. The number of ether oxygens (including phenoxy) is 3. The second-order valence-electron chi connectivity index (χ2n) is 7.20. The lowest BCUT2D eigenvalue weighted by Gasteiger charge is -2.21. The number of methoxy groups -OCH3 is 1. The highest BCUT2D eigenvalue weighted by Gasteiger charge is 2.24. The standard InChI is InChI=1S/C22H37N3O3.HI/c1-23-22(25-13-10-21(18-25)19-28-17-16-26-2)24-12-6-7-14-27-15-11-20-8-4-3-5-9-20;/h3-5,8-9,21H,6-7,10-19H2,1-2H3,(H,23,24);1H. The smallest absolute Gasteiger partial charge is 0.193 e. The summed E-state index contributed by atoms with van der Waals surface area (Å²) in [4.78, 5) is 6.77. The molecule has 6 nitrogen and oxygen atoms in total. The number of halogens is 1. The molecule has 0 aliphatic carbocycles. The molecule has 1 aromatic carbocycles. The summed E-state index contributed by atoms with van der Waals surface area (Å²) in [7, 11) is 3.56. The zero-order valence-corrected chi connectivity index (χ0v) is 20.3. The summed E-state index contributed by atoms with van der Waals surface area (Å²) in [6.45, 7) is 6.73. The van der Waals surface area contributed by atoms with Crippen LogP contribution in [0.2, 0.25) is 0 Å². The van der Waals surface area contributed by atoms with Gasteiger partial charge in [0.2, 0.25) is 0 Å². The number of aliphatic imine (C=N–C) groups is 1. The number of likely N-dealkylation sites (tertiary alicyclic amines) is 1. The third-order valence-corrected chi connectivity index (χ3v) is 4.96. The summed E-state index contributed by atoms with van der Waals surface area (Å²) in [6.07, 6.45) is 4.29. The van der Waals surface area contributed by atoms with Crippen molar-refractivity contribution in [3.63, 3.8) is 0 Å². The molecule has 0 radical (unpaired) electrons. The molecule has 1 unspecified atom stereocenters. The maximum absolute atomic E-state index is 5.75. The molecule has 1 aromatic rings. The molecule has 1 aliphatic heterocycles. The maximum atomic E-state index is 5.75. The Labute approximate surface area is 193 Å². The van der Waals surface area contributed by atoms with Gasteiger partial charge in [-0.2, -0.15) is 0 Å². The first-order chi connectivity index (χ1) is 13.8. The van der Waals surface area contributed by atoms with Crippen LogP contribution >= 0.6 is 24.0 Å². The van der Waals surface area contributed by atoms with Crippen molar-refractivity contribution >= 4 is 29.9 Å². The molecule has 29 heavy (non-hydrogen) atoms. The van der Waals surface area contributed by atoms with E-state index in [4.69, 9.17) is 14.2 Å². The normalized spacial score (nSPS) is 16.7. The number of guanidine groups is 1. The van der Waals surface area contributed by atoms with Crippen molar-refractivity contribution in [2.24, 2.45) is 10.9 Å². The van der Waals surface area contributed by atoms with Crippen molar-refractivity contribution in [3.05, 3.63) is 35.9 Å². The van der Waals surface area contributed by atoms with Crippen LogP contribution in [0.5, 0.6) is 0 Å². The van der Waals surface area contributed by atoms with Crippen LogP contribution in [0.4, 0.5) is 0 Å². The Morgan fingerprint density at radius 3 is 2.69 bits per heavy atom. The molecule has 1 atom stereocenters. The molecule has 1 N–H and O–H groups in total. The van der Waals surface area contributed by atoms with Crippen LogP contribution in [0.15, 0.2) is 35.3 Å². The lowest BCUT2D eigenvalue weighted by Crippen LogP contribution is -2.40. The molecule has 0 saturated carbocycles. The van der Waals surface area contributed by atoms with E-state index in [0.717, 1.165) is 71.1 Å². The minimum Gasteiger partial charge on any atom is -0.382 e. The first kappa shape index (κ1) is 26.1. The number of benzene rings is 1. The summed E-state index contributed by atoms with van der Waals surface area (Å²) < 4.78 is 16.4. The van der Waals surface area contributed by atoms with E-state index in [0.29, 0.717) is 19.1 Å². The van der Waals surface area contributed by atoms with Crippen LogP contribution in [0.3, 0.4) is 0 Å². The quantitative estimate of drug-likeness (QED) is 0.188. The molecule has 1 fully saturated rings. The topological polar surface area (TPSA) is 55.3 Å². The molecule has 2 rings (SSSR count). The van der Waals surface area contributed by atoms with E-state index in [-0.39, 0.29) is 24.0 Å². The zero-order chi connectivity index (χ0) is 19.9. The van der Waals surface area contributed by atoms with Crippen molar-refractivity contribution in [1.29, 1.82) is 0 Å². The molecule has 1 saturated heterocycles. The predicted molar refractivity (Wildman–Crippen MR) is 129 cm³/mol. The first-order valence-corrected chi connectivity index (χ1v) is 10.5. The van der Waals surface area contributed by atoms with Crippen molar-refractivity contribution in [2.75, 3.05) is 66.8 Å². The molecule has 0 bridgehead atoms. The molecule has 0 aromatic heterocycles. The molecule has 0 amide bonds. The highest BCUT2D eigenvalue weighted by molar-refractivity contribution is 14.0. The molecule has 7 heteroatoms. The van der Waals surface area contributed by atoms with Gasteiger partial charge in [-0.3, -0.25) is 4.99 Å². The van der Waals surface area contributed by atoms with Crippen molar-refractivity contribution in [1.82, 2.24) is 10.2 Å². The fraction of sp³-hybridized carbons (Fsp3) is 0.682. The number of hydrogen-bond donors (Lipinski definition) is 1. The summed E-state index contributed by atoms with van der Waals surface area (Å²) in [5, 5.41) is 3.48. The van der Waals surface area contributed by atoms with Crippen LogP contribution in [0, 0.1) is 5.92 Å². The van der Waals surface area contributed by atoms with E-state index in [2.05, 4.69) is 39.5 Å². The van der Waals surface area contributed by atoms with Crippen LogP contribution in [0.1, 0.15) is 24.8 Å². The van der Waals surface area contributed by atoms with Crippen LogP contribution in [-0.2, 0) is 20.6 Å². The van der Waals surface area contributed by atoms with E-state index in [1.165, 1.54) is 5.56 Å². The number of nitrogens with one attached hydrogen (secondary N) is 1. The molecule has 0 spiro atoms. The lowest BCUT2D eigenvalue weighted by molar-refractivity contribution is 0.0536. The van der Waals surface area contributed by atoms with E-state index in [9.17, 15) is 0 Å². The summed E-state index contributed by atoms with van der Waals surface area (Å²) >= 11 is 0. The van der Waals surface area contributed by atoms with Crippen LogP contribution in [-0.4, -0.2) is 77.7 Å².